The molecule has 0 unspecified atom stereocenters. The smallest absolute Gasteiger partial charge is 0.316 e. The van der Waals surface area contributed by atoms with Crippen molar-refractivity contribution >= 4 is 11.6 Å². The van der Waals surface area contributed by atoms with Crippen molar-refractivity contribution in [3.8, 4) is 11.4 Å². The van der Waals surface area contributed by atoms with Gasteiger partial charge in [-0.15, -0.1) is 0 Å². The van der Waals surface area contributed by atoms with E-state index >= 15 is 0 Å². The van der Waals surface area contributed by atoms with Crippen LogP contribution in [0.1, 0.15) is 41.1 Å². The molecule has 0 bridgehead atoms. The molecule has 3 heterocycles. The molecular formula is C25H29N5O2. The molecule has 3 aromatic rings. The van der Waals surface area contributed by atoms with Gasteiger partial charge in [-0.3, -0.25) is 9.69 Å². The van der Waals surface area contributed by atoms with Crippen LogP contribution in [0.4, 0.5) is 5.69 Å². The standard InChI is InChI=1S/C25H29N5O2/c31-24(26-13-17-29-16-12-19-6-2-3-7-21(19)18-29)25-27-23(28-32-25)20-8-10-22(11-9-20)30-14-4-1-5-15-30/h2-3,6-11H,1,4-5,12-18H2,(H,26,31). The number of carbonyl (C=O) groups is 1. The lowest BCUT2D eigenvalue weighted by Crippen LogP contribution is -2.37. The van der Waals surface area contributed by atoms with Crippen LogP contribution in [0.25, 0.3) is 11.4 Å². The zero-order valence-corrected chi connectivity index (χ0v) is 18.3. The fourth-order valence-corrected chi connectivity index (χ4v) is 4.55. The molecule has 1 aromatic heterocycles. The highest BCUT2D eigenvalue weighted by molar-refractivity contribution is 5.89. The zero-order valence-electron chi connectivity index (χ0n) is 18.3. The van der Waals surface area contributed by atoms with Crippen LogP contribution in [0.15, 0.2) is 53.1 Å². The molecule has 1 fully saturated rings. The summed E-state index contributed by atoms with van der Waals surface area (Å²) in [4.78, 5) is 21.5. The Morgan fingerprint density at radius 2 is 1.75 bits per heavy atom. The van der Waals surface area contributed by atoms with E-state index in [1.165, 1.54) is 36.1 Å². The number of anilines is 1. The van der Waals surface area contributed by atoms with Gasteiger partial charge < -0.3 is 14.7 Å². The fourth-order valence-electron chi connectivity index (χ4n) is 4.55. The number of nitrogens with zero attached hydrogens (tertiary/aromatic N) is 4. The van der Waals surface area contributed by atoms with E-state index in [-0.39, 0.29) is 11.8 Å². The van der Waals surface area contributed by atoms with E-state index in [1.807, 2.05) is 12.1 Å². The highest BCUT2D eigenvalue weighted by Gasteiger charge is 2.19. The average molecular weight is 432 g/mol. The van der Waals surface area contributed by atoms with Crippen LogP contribution >= 0.6 is 0 Å². The van der Waals surface area contributed by atoms with Crippen molar-refractivity contribution in [2.24, 2.45) is 0 Å². The lowest BCUT2D eigenvalue weighted by Gasteiger charge is -2.28. The molecule has 7 nitrogen and oxygen atoms in total. The number of carbonyl (C=O) groups excluding carboxylic acids is 1. The Balaban J connectivity index is 1.13. The molecular weight excluding hydrogens is 402 g/mol. The third kappa shape index (κ3) is 4.67. The van der Waals surface area contributed by atoms with Gasteiger partial charge in [0.15, 0.2) is 0 Å². The van der Waals surface area contributed by atoms with Crippen molar-refractivity contribution in [3.63, 3.8) is 0 Å². The van der Waals surface area contributed by atoms with Gasteiger partial charge in [0.1, 0.15) is 0 Å². The van der Waals surface area contributed by atoms with Gasteiger partial charge in [-0.05, 0) is 61.1 Å². The summed E-state index contributed by atoms with van der Waals surface area (Å²) in [6.07, 6.45) is 4.86. The topological polar surface area (TPSA) is 74.5 Å². The SMILES string of the molecule is O=C(NCCN1CCc2ccccc2C1)c1nc(-c2ccc(N3CCCCC3)cc2)no1. The third-order valence-electron chi connectivity index (χ3n) is 6.39. The normalized spacial score (nSPS) is 16.6. The predicted octanol–water partition coefficient (Wildman–Crippen LogP) is 3.52. The van der Waals surface area contributed by atoms with Crippen LogP contribution in [0.3, 0.4) is 0 Å². The second-order valence-electron chi connectivity index (χ2n) is 8.57. The number of hydrogen-bond donors (Lipinski definition) is 1. The van der Waals surface area contributed by atoms with Crippen molar-refractivity contribution in [1.29, 1.82) is 0 Å². The highest BCUT2D eigenvalue weighted by atomic mass is 16.5. The van der Waals surface area contributed by atoms with Crippen LogP contribution in [-0.4, -0.2) is 53.7 Å². The van der Waals surface area contributed by atoms with E-state index in [0.29, 0.717) is 12.4 Å². The van der Waals surface area contributed by atoms with Crippen LogP contribution in [-0.2, 0) is 13.0 Å². The largest absolute Gasteiger partial charge is 0.372 e. The van der Waals surface area contributed by atoms with E-state index in [0.717, 1.165) is 44.7 Å². The first-order valence-electron chi connectivity index (χ1n) is 11.5. The average Bonchev–Trinajstić information content (AvgIpc) is 3.35. The van der Waals surface area contributed by atoms with E-state index in [2.05, 4.69) is 61.7 Å². The molecule has 32 heavy (non-hydrogen) atoms. The van der Waals surface area contributed by atoms with Gasteiger partial charge in [-0.25, -0.2) is 0 Å². The van der Waals surface area contributed by atoms with Crippen LogP contribution in [0.2, 0.25) is 0 Å². The van der Waals surface area contributed by atoms with Crippen molar-refractivity contribution in [1.82, 2.24) is 20.4 Å². The maximum Gasteiger partial charge on any atom is 0.316 e. The summed E-state index contributed by atoms with van der Waals surface area (Å²) in [6.45, 7) is 5.48. The first-order chi connectivity index (χ1) is 15.8. The van der Waals surface area contributed by atoms with Crippen molar-refractivity contribution < 1.29 is 9.32 Å². The Kier molecular flexibility index (Phi) is 6.16. The number of nitrogens with one attached hydrogen (secondary N) is 1. The van der Waals surface area contributed by atoms with Crippen LogP contribution in [0.5, 0.6) is 0 Å². The summed E-state index contributed by atoms with van der Waals surface area (Å²) in [5, 5.41) is 6.91. The van der Waals surface area contributed by atoms with Crippen molar-refractivity contribution in [2.75, 3.05) is 37.6 Å². The first kappa shape index (κ1) is 20.7. The molecule has 2 aliphatic rings. The Bertz CT molecular complexity index is 1060. The summed E-state index contributed by atoms with van der Waals surface area (Å²) >= 11 is 0. The summed E-state index contributed by atoms with van der Waals surface area (Å²) in [7, 11) is 0. The Morgan fingerprint density at radius 1 is 0.969 bits per heavy atom. The van der Waals surface area contributed by atoms with E-state index in [4.69, 9.17) is 4.52 Å². The fraction of sp³-hybridized carbons (Fsp3) is 0.400. The second-order valence-corrected chi connectivity index (χ2v) is 8.57. The first-order valence-corrected chi connectivity index (χ1v) is 11.5. The van der Waals surface area contributed by atoms with Gasteiger partial charge >= 0.3 is 11.8 Å². The molecule has 0 radical (unpaired) electrons. The zero-order chi connectivity index (χ0) is 21.8. The molecule has 2 aliphatic heterocycles. The monoisotopic (exact) mass is 431 g/mol. The summed E-state index contributed by atoms with van der Waals surface area (Å²) in [5.41, 5.74) is 4.86. The predicted molar refractivity (Wildman–Crippen MR) is 124 cm³/mol. The highest BCUT2D eigenvalue weighted by Crippen LogP contribution is 2.24. The van der Waals surface area contributed by atoms with Gasteiger partial charge in [0.25, 0.3) is 0 Å². The molecule has 0 atom stereocenters. The lowest BCUT2D eigenvalue weighted by atomic mass is 10.00. The Morgan fingerprint density at radius 3 is 2.56 bits per heavy atom. The van der Waals surface area contributed by atoms with Crippen molar-refractivity contribution in [2.45, 2.75) is 32.2 Å². The molecule has 7 heteroatoms. The van der Waals surface area contributed by atoms with Gasteiger partial charge in [0.2, 0.25) is 5.82 Å². The molecule has 166 valence electrons. The van der Waals surface area contributed by atoms with E-state index in [1.54, 1.807) is 0 Å². The third-order valence-corrected chi connectivity index (χ3v) is 6.39. The minimum atomic E-state index is -0.328. The summed E-state index contributed by atoms with van der Waals surface area (Å²) in [6, 6.07) is 16.7. The quantitative estimate of drug-likeness (QED) is 0.644. The van der Waals surface area contributed by atoms with Gasteiger partial charge in [0.05, 0.1) is 0 Å². The molecule has 1 N–H and O–H groups in total. The number of rotatable bonds is 6. The van der Waals surface area contributed by atoms with Crippen LogP contribution < -0.4 is 10.2 Å². The lowest BCUT2D eigenvalue weighted by molar-refractivity contribution is 0.0903. The number of amides is 1. The number of piperidine rings is 1. The minimum Gasteiger partial charge on any atom is -0.372 e. The maximum absolute atomic E-state index is 12.5. The molecule has 0 saturated carbocycles. The van der Waals surface area contributed by atoms with Crippen molar-refractivity contribution in [3.05, 3.63) is 65.5 Å². The van der Waals surface area contributed by atoms with Gasteiger partial charge in [-0.2, -0.15) is 4.98 Å². The van der Waals surface area contributed by atoms with Gasteiger partial charge in [0, 0.05) is 50.5 Å². The minimum absolute atomic E-state index is 0.00379. The van der Waals surface area contributed by atoms with E-state index < -0.39 is 0 Å². The number of fused-ring (bicyclic) bond motifs is 1. The number of benzene rings is 2. The molecule has 2 aromatic carbocycles. The Hall–Kier alpha value is -3.19. The van der Waals surface area contributed by atoms with E-state index in [9.17, 15) is 4.79 Å². The molecule has 0 aliphatic carbocycles. The number of aromatic nitrogens is 2. The van der Waals surface area contributed by atoms with Crippen LogP contribution in [0, 0.1) is 0 Å². The summed E-state index contributed by atoms with van der Waals surface area (Å²) < 4.78 is 5.22. The Labute approximate surface area is 188 Å². The maximum atomic E-state index is 12.5. The molecule has 1 amide bonds. The van der Waals surface area contributed by atoms with Gasteiger partial charge in [-0.1, -0.05) is 29.4 Å². The second kappa shape index (κ2) is 9.53. The molecule has 5 rings (SSSR count). The summed E-state index contributed by atoms with van der Waals surface area (Å²) in [5.74, 6) is 0.114. The number of hydrogen-bond acceptors (Lipinski definition) is 6. The molecule has 0 spiro atoms. The molecule has 1 saturated heterocycles.